The zero-order valence-corrected chi connectivity index (χ0v) is 11.4. The number of aliphatic imine (C=N–C) groups is 1. The molecule has 0 fully saturated rings. The lowest BCUT2D eigenvalue weighted by Gasteiger charge is -2.08. The molecule has 0 saturated carbocycles. The van der Waals surface area contributed by atoms with Crippen LogP contribution in [0.4, 0.5) is 0 Å². The maximum absolute atomic E-state index is 11.9. The van der Waals surface area contributed by atoms with Crippen molar-refractivity contribution in [1.82, 2.24) is 0 Å². The fraction of sp³-hybridized carbons (Fsp3) is 0.133. The van der Waals surface area contributed by atoms with Gasteiger partial charge in [-0.15, -0.1) is 0 Å². The first-order chi connectivity index (χ1) is 8.97. The van der Waals surface area contributed by atoms with Gasteiger partial charge in [0.15, 0.2) is 5.78 Å². The number of nitrogens with zero attached hydrogens (tertiary/aromatic N) is 1. The third kappa shape index (κ3) is 3.06. The van der Waals surface area contributed by atoms with Gasteiger partial charge in [-0.05, 0) is 61.4 Å². The Balaban J connectivity index is 2.29. The lowest BCUT2D eigenvalue weighted by Crippen LogP contribution is -2.11. The number of ketones is 1. The number of rotatable bonds is 1. The van der Waals surface area contributed by atoms with Crippen molar-refractivity contribution in [2.75, 3.05) is 0 Å². The van der Waals surface area contributed by atoms with E-state index in [0.717, 1.165) is 0 Å². The lowest BCUT2D eigenvalue weighted by atomic mass is 9.98. The minimum Gasteiger partial charge on any atom is -0.289 e. The molecule has 0 spiro atoms. The summed E-state index contributed by atoms with van der Waals surface area (Å²) in [6, 6.07) is 6.52. The van der Waals surface area contributed by atoms with E-state index in [4.69, 9.17) is 11.6 Å². The maximum Gasteiger partial charge on any atom is 0.277 e. The van der Waals surface area contributed by atoms with E-state index in [0.29, 0.717) is 27.4 Å². The summed E-state index contributed by atoms with van der Waals surface area (Å²) in [4.78, 5) is 27.5. The van der Waals surface area contributed by atoms with Gasteiger partial charge in [0.2, 0.25) is 0 Å². The van der Waals surface area contributed by atoms with Gasteiger partial charge in [-0.25, -0.2) is 4.99 Å². The summed E-state index contributed by atoms with van der Waals surface area (Å²) in [5.74, 6) is -0.369. The van der Waals surface area contributed by atoms with Crippen LogP contribution in [0, 0.1) is 0 Å². The van der Waals surface area contributed by atoms with Gasteiger partial charge in [-0.1, -0.05) is 11.6 Å². The molecule has 0 radical (unpaired) electrons. The van der Waals surface area contributed by atoms with Crippen molar-refractivity contribution in [3.8, 4) is 0 Å². The molecule has 0 saturated heterocycles. The van der Waals surface area contributed by atoms with Crippen LogP contribution in [-0.4, -0.2) is 17.4 Å². The summed E-state index contributed by atoms with van der Waals surface area (Å²) >= 11 is 5.76. The minimum atomic E-state index is -0.353. The first-order valence-corrected chi connectivity index (χ1v) is 6.15. The van der Waals surface area contributed by atoms with E-state index in [-0.39, 0.29) is 11.7 Å². The van der Waals surface area contributed by atoms with E-state index in [2.05, 4.69) is 4.99 Å². The number of hydrogen-bond acceptors (Lipinski definition) is 2. The molecule has 1 aromatic rings. The highest BCUT2D eigenvalue weighted by Gasteiger charge is 2.14. The van der Waals surface area contributed by atoms with Crippen LogP contribution in [0.2, 0.25) is 5.02 Å². The standard InChI is InChI=1S/C15H12ClNO2/c1-9-7-13(8-10(2)14(9)18)17-15(19)11-3-5-12(16)6-4-11/h3-8H,1-2H3. The number of amides is 1. The van der Waals surface area contributed by atoms with E-state index < -0.39 is 0 Å². The van der Waals surface area contributed by atoms with Crippen molar-refractivity contribution in [1.29, 1.82) is 0 Å². The van der Waals surface area contributed by atoms with Crippen LogP contribution in [-0.2, 0) is 4.79 Å². The Kier molecular flexibility index (Phi) is 3.76. The molecule has 4 heteroatoms. The molecular formula is C15H12ClNO2. The average molecular weight is 274 g/mol. The van der Waals surface area contributed by atoms with E-state index in [1.165, 1.54) is 0 Å². The lowest BCUT2D eigenvalue weighted by molar-refractivity contribution is -0.112. The molecule has 96 valence electrons. The molecule has 1 aliphatic rings. The molecule has 0 aliphatic heterocycles. The van der Waals surface area contributed by atoms with Crippen LogP contribution in [0.25, 0.3) is 0 Å². The smallest absolute Gasteiger partial charge is 0.277 e. The highest BCUT2D eigenvalue weighted by Crippen LogP contribution is 2.14. The summed E-state index contributed by atoms with van der Waals surface area (Å²) in [7, 11) is 0. The Morgan fingerprint density at radius 2 is 1.58 bits per heavy atom. The monoisotopic (exact) mass is 273 g/mol. The first kappa shape index (κ1) is 13.4. The Bertz CT molecular complexity index is 613. The van der Waals surface area contributed by atoms with Crippen molar-refractivity contribution >= 4 is 29.0 Å². The highest BCUT2D eigenvalue weighted by atomic mass is 35.5. The number of Topliss-reactive ketones (excluding diaryl/α,β-unsaturated/α-hetero) is 1. The Morgan fingerprint density at radius 1 is 1.05 bits per heavy atom. The van der Waals surface area contributed by atoms with Crippen molar-refractivity contribution in [3.05, 3.63) is 58.1 Å². The summed E-state index contributed by atoms with van der Waals surface area (Å²) in [6.07, 6.45) is 3.23. The molecule has 0 unspecified atom stereocenters. The third-order valence-corrected chi connectivity index (χ3v) is 3.02. The average Bonchev–Trinajstić information content (AvgIpc) is 2.36. The second-order valence-electron chi connectivity index (χ2n) is 4.33. The van der Waals surface area contributed by atoms with Gasteiger partial charge in [0, 0.05) is 10.6 Å². The van der Waals surface area contributed by atoms with Crippen LogP contribution < -0.4 is 0 Å². The Labute approximate surface area is 116 Å². The molecule has 1 aromatic carbocycles. The molecular weight excluding hydrogens is 262 g/mol. The van der Waals surface area contributed by atoms with Gasteiger partial charge in [0.1, 0.15) is 0 Å². The summed E-state index contributed by atoms with van der Waals surface area (Å²) in [6.45, 7) is 3.42. The van der Waals surface area contributed by atoms with Crippen LogP contribution >= 0.6 is 11.6 Å². The second kappa shape index (κ2) is 5.33. The zero-order valence-electron chi connectivity index (χ0n) is 10.6. The number of carbonyl (C=O) groups is 2. The van der Waals surface area contributed by atoms with Gasteiger partial charge >= 0.3 is 0 Å². The van der Waals surface area contributed by atoms with Crippen LogP contribution in [0.5, 0.6) is 0 Å². The number of halogens is 1. The molecule has 19 heavy (non-hydrogen) atoms. The van der Waals surface area contributed by atoms with Gasteiger partial charge < -0.3 is 0 Å². The second-order valence-corrected chi connectivity index (χ2v) is 4.77. The van der Waals surface area contributed by atoms with Gasteiger partial charge in [0.25, 0.3) is 5.91 Å². The quantitative estimate of drug-likeness (QED) is 0.736. The van der Waals surface area contributed by atoms with Gasteiger partial charge in [-0.2, -0.15) is 0 Å². The summed E-state index contributed by atoms with van der Waals surface area (Å²) < 4.78 is 0. The largest absolute Gasteiger partial charge is 0.289 e. The number of benzene rings is 1. The van der Waals surface area contributed by atoms with E-state index >= 15 is 0 Å². The van der Waals surface area contributed by atoms with E-state index in [1.807, 2.05) is 0 Å². The van der Waals surface area contributed by atoms with E-state index in [9.17, 15) is 9.59 Å². The van der Waals surface area contributed by atoms with Gasteiger partial charge in [-0.3, -0.25) is 9.59 Å². The van der Waals surface area contributed by atoms with E-state index in [1.54, 1.807) is 50.3 Å². The van der Waals surface area contributed by atoms with Crippen molar-refractivity contribution in [3.63, 3.8) is 0 Å². The zero-order chi connectivity index (χ0) is 14.0. The number of hydrogen-bond donors (Lipinski definition) is 0. The normalized spacial score (nSPS) is 14.9. The Hall–Kier alpha value is -2.00. The molecule has 3 nitrogen and oxygen atoms in total. The molecule has 0 heterocycles. The summed E-state index contributed by atoms with van der Waals surface area (Å²) in [5, 5.41) is 0.568. The van der Waals surface area contributed by atoms with Crippen molar-refractivity contribution in [2.24, 2.45) is 4.99 Å². The molecule has 0 aromatic heterocycles. The van der Waals surface area contributed by atoms with Crippen LogP contribution in [0.15, 0.2) is 52.6 Å². The first-order valence-electron chi connectivity index (χ1n) is 5.77. The number of carbonyl (C=O) groups excluding carboxylic acids is 2. The third-order valence-electron chi connectivity index (χ3n) is 2.77. The van der Waals surface area contributed by atoms with Crippen LogP contribution in [0.1, 0.15) is 24.2 Å². The van der Waals surface area contributed by atoms with Crippen molar-refractivity contribution < 1.29 is 9.59 Å². The predicted octanol–water partition coefficient (Wildman–Crippen LogP) is 3.40. The maximum atomic E-state index is 11.9. The molecule has 1 amide bonds. The fourth-order valence-corrected chi connectivity index (χ4v) is 1.89. The van der Waals surface area contributed by atoms with Gasteiger partial charge in [0.05, 0.1) is 5.71 Å². The highest BCUT2D eigenvalue weighted by molar-refractivity contribution is 6.30. The minimum absolute atomic E-state index is 0.0158. The number of allylic oxidation sites excluding steroid dienone is 4. The molecule has 1 aliphatic carbocycles. The molecule has 0 bridgehead atoms. The fourth-order valence-electron chi connectivity index (χ4n) is 1.77. The summed E-state index contributed by atoms with van der Waals surface area (Å²) in [5.41, 5.74) is 2.13. The SMILES string of the molecule is CC1=CC(=NC(=O)c2ccc(Cl)cc2)C=C(C)C1=O. The molecule has 0 atom stereocenters. The van der Waals surface area contributed by atoms with Crippen LogP contribution in [0.3, 0.4) is 0 Å². The molecule has 0 N–H and O–H groups in total. The Morgan fingerprint density at radius 3 is 2.11 bits per heavy atom. The predicted molar refractivity (Wildman–Crippen MR) is 75.7 cm³/mol. The topological polar surface area (TPSA) is 46.5 Å². The van der Waals surface area contributed by atoms with Crippen molar-refractivity contribution in [2.45, 2.75) is 13.8 Å². The molecule has 2 rings (SSSR count).